The molecule has 0 aliphatic heterocycles. The molecule has 0 fully saturated rings. The Morgan fingerprint density at radius 3 is 2.28 bits per heavy atom. The fourth-order valence-electron chi connectivity index (χ4n) is 4.14. The van der Waals surface area contributed by atoms with E-state index >= 15 is 0 Å². The van der Waals surface area contributed by atoms with E-state index in [1.807, 2.05) is 73.7 Å². The van der Waals surface area contributed by atoms with Gasteiger partial charge in [0, 0.05) is 6.42 Å². The number of para-hydroxylation sites is 1. The average molecular weight is 383 g/mol. The van der Waals surface area contributed by atoms with Crippen molar-refractivity contribution < 1.29 is 9.84 Å². The molecule has 0 radical (unpaired) electrons. The van der Waals surface area contributed by atoms with Crippen LogP contribution in [-0.2, 0) is 10.3 Å². The molecule has 0 unspecified atom stereocenters. The van der Waals surface area contributed by atoms with Gasteiger partial charge in [0.2, 0.25) is 5.88 Å². The SMILES string of the molecule is CCO/C(=C\CC1(O)c2ccccc2-c2ccccc21)n1nnc2ccccc21. The topological polar surface area (TPSA) is 60.2 Å². The van der Waals surface area contributed by atoms with Crippen molar-refractivity contribution >= 4 is 16.9 Å². The van der Waals surface area contributed by atoms with Crippen LogP contribution in [0.5, 0.6) is 0 Å². The summed E-state index contributed by atoms with van der Waals surface area (Å²) in [5.41, 5.74) is 4.52. The van der Waals surface area contributed by atoms with Crippen LogP contribution in [0, 0.1) is 0 Å². The smallest absolute Gasteiger partial charge is 0.212 e. The van der Waals surface area contributed by atoms with Gasteiger partial charge in [-0.05, 0) is 47.4 Å². The largest absolute Gasteiger partial charge is 0.478 e. The molecule has 144 valence electrons. The molecule has 1 aliphatic rings. The highest BCUT2D eigenvalue weighted by molar-refractivity contribution is 5.80. The van der Waals surface area contributed by atoms with Crippen LogP contribution in [0.1, 0.15) is 24.5 Å². The Hall–Kier alpha value is -3.44. The third-order valence-electron chi connectivity index (χ3n) is 5.46. The first-order valence-corrected chi connectivity index (χ1v) is 9.78. The number of aromatic nitrogens is 3. The minimum atomic E-state index is -1.12. The van der Waals surface area contributed by atoms with Crippen molar-refractivity contribution in [2.75, 3.05) is 6.61 Å². The van der Waals surface area contributed by atoms with Crippen molar-refractivity contribution in [3.05, 3.63) is 90.0 Å². The Labute approximate surface area is 168 Å². The van der Waals surface area contributed by atoms with Gasteiger partial charge in [0.25, 0.3) is 0 Å². The van der Waals surface area contributed by atoms with Gasteiger partial charge in [0.15, 0.2) is 0 Å². The van der Waals surface area contributed by atoms with Crippen molar-refractivity contribution in [2.24, 2.45) is 0 Å². The number of hydrogen-bond donors (Lipinski definition) is 1. The Kier molecular flexibility index (Phi) is 4.18. The zero-order valence-corrected chi connectivity index (χ0v) is 16.1. The van der Waals surface area contributed by atoms with Crippen LogP contribution < -0.4 is 0 Å². The van der Waals surface area contributed by atoms with Gasteiger partial charge in [-0.2, -0.15) is 4.68 Å². The molecule has 29 heavy (non-hydrogen) atoms. The van der Waals surface area contributed by atoms with Crippen LogP contribution in [0.15, 0.2) is 78.9 Å². The molecule has 0 saturated heterocycles. The molecule has 4 aromatic rings. The Morgan fingerprint density at radius 1 is 0.966 bits per heavy atom. The van der Waals surface area contributed by atoms with Crippen LogP contribution in [-0.4, -0.2) is 26.7 Å². The van der Waals surface area contributed by atoms with Crippen molar-refractivity contribution in [1.82, 2.24) is 15.0 Å². The first-order chi connectivity index (χ1) is 14.2. The summed E-state index contributed by atoms with van der Waals surface area (Å²) in [6.45, 7) is 2.42. The summed E-state index contributed by atoms with van der Waals surface area (Å²) in [7, 11) is 0. The molecule has 1 aliphatic carbocycles. The molecule has 1 aromatic heterocycles. The molecule has 0 amide bonds. The summed E-state index contributed by atoms with van der Waals surface area (Å²) >= 11 is 0. The maximum absolute atomic E-state index is 11.8. The van der Waals surface area contributed by atoms with E-state index in [2.05, 4.69) is 22.4 Å². The summed E-state index contributed by atoms with van der Waals surface area (Å²) in [5.74, 6) is 0.566. The highest BCUT2D eigenvalue weighted by Gasteiger charge is 2.40. The van der Waals surface area contributed by atoms with Gasteiger partial charge in [0.05, 0.1) is 12.1 Å². The maximum Gasteiger partial charge on any atom is 0.212 e. The number of fused-ring (bicyclic) bond motifs is 4. The van der Waals surface area contributed by atoms with E-state index in [1.54, 1.807) is 4.68 Å². The lowest BCUT2D eigenvalue weighted by Gasteiger charge is -2.25. The van der Waals surface area contributed by atoms with Crippen LogP contribution in [0.4, 0.5) is 0 Å². The van der Waals surface area contributed by atoms with Crippen LogP contribution >= 0.6 is 0 Å². The van der Waals surface area contributed by atoms with Crippen molar-refractivity contribution in [2.45, 2.75) is 18.9 Å². The van der Waals surface area contributed by atoms with Crippen molar-refractivity contribution in [3.63, 3.8) is 0 Å². The van der Waals surface area contributed by atoms with Gasteiger partial charge in [-0.25, -0.2) is 0 Å². The molecule has 1 heterocycles. The predicted molar refractivity (Wildman–Crippen MR) is 113 cm³/mol. The number of ether oxygens (including phenoxy) is 1. The third kappa shape index (κ3) is 2.74. The average Bonchev–Trinajstić information content (AvgIpc) is 3.30. The fourth-order valence-corrected chi connectivity index (χ4v) is 4.14. The molecule has 0 atom stereocenters. The molecule has 0 spiro atoms. The molecule has 0 bridgehead atoms. The van der Waals surface area contributed by atoms with E-state index < -0.39 is 5.60 Å². The first kappa shape index (κ1) is 17.6. The second-order valence-electron chi connectivity index (χ2n) is 7.12. The molecule has 0 saturated carbocycles. The van der Waals surface area contributed by atoms with E-state index in [0.717, 1.165) is 33.3 Å². The number of aliphatic hydroxyl groups is 1. The van der Waals surface area contributed by atoms with Gasteiger partial charge < -0.3 is 9.84 Å². The zero-order valence-electron chi connectivity index (χ0n) is 16.1. The van der Waals surface area contributed by atoms with Gasteiger partial charge >= 0.3 is 0 Å². The van der Waals surface area contributed by atoms with E-state index in [9.17, 15) is 5.11 Å². The van der Waals surface area contributed by atoms with Crippen LogP contribution in [0.2, 0.25) is 0 Å². The highest BCUT2D eigenvalue weighted by Crippen LogP contribution is 2.49. The second kappa shape index (κ2) is 6.87. The maximum atomic E-state index is 11.8. The van der Waals surface area contributed by atoms with Crippen LogP contribution in [0.3, 0.4) is 0 Å². The molecule has 5 rings (SSSR count). The molecule has 3 aromatic carbocycles. The lowest BCUT2D eigenvalue weighted by Crippen LogP contribution is -2.24. The van der Waals surface area contributed by atoms with Gasteiger partial charge in [-0.1, -0.05) is 65.9 Å². The molecule has 5 nitrogen and oxygen atoms in total. The van der Waals surface area contributed by atoms with E-state index in [1.165, 1.54) is 0 Å². The second-order valence-corrected chi connectivity index (χ2v) is 7.12. The Balaban J connectivity index is 1.60. The molecular formula is C24H21N3O2. The summed E-state index contributed by atoms with van der Waals surface area (Å²) in [5, 5.41) is 20.3. The van der Waals surface area contributed by atoms with Crippen LogP contribution in [0.25, 0.3) is 28.0 Å². The van der Waals surface area contributed by atoms with Gasteiger partial charge in [-0.15, -0.1) is 5.10 Å². The lowest BCUT2D eigenvalue weighted by molar-refractivity contribution is 0.0882. The summed E-state index contributed by atoms with van der Waals surface area (Å²) in [4.78, 5) is 0. The summed E-state index contributed by atoms with van der Waals surface area (Å²) in [6.07, 6.45) is 2.27. The molecule has 1 N–H and O–H groups in total. The minimum absolute atomic E-state index is 0.366. The Morgan fingerprint density at radius 2 is 1.59 bits per heavy atom. The highest BCUT2D eigenvalue weighted by atomic mass is 16.5. The normalized spacial score (nSPS) is 14.6. The predicted octanol–water partition coefficient (Wildman–Crippen LogP) is 4.57. The Bertz CT molecular complexity index is 1180. The zero-order chi connectivity index (χ0) is 19.8. The lowest BCUT2D eigenvalue weighted by atomic mass is 9.88. The molecule has 5 heteroatoms. The number of rotatable bonds is 5. The van der Waals surface area contributed by atoms with Gasteiger partial charge in [0.1, 0.15) is 11.1 Å². The number of benzene rings is 3. The third-order valence-corrected chi connectivity index (χ3v) is 5.46. The quantitative estimate of drug-likeness (QED) is 0.513. The fraction of sp³-hybridized carbons (Fsp3) is 0.167. The summed E-state index contributed by atoms with van der Waals surface area (Å²) in [6, 6.07) is 23.8. The monoisotopic (exact) mass is 383 g/mol. The van der Waals surface area contributed by atoms with E-state index in [-0.39, 0.29) is 0 Å². The molecular weight excluding hydrogens is 362 g/mol. The van der Waals surface area contributed by atoms with E-state index in [4.69, 9.17) is 4.74 Å². The number of nitrogens with zero attached hydrogens (tertiary/aromatic N) is 3. The number of hydrogen-bond acceptors (Lipinski definition) is 4. The van der Waals surface area contributed by atoms with Crippen molar-refractivity contribution in [1.29, 1.82) is 0 Å². The van der Waals surface area contributed by atoms with E-state index in [0.29, 0.717) is 18.9 Å². The summed E-state index contributed by atoms with van der Waals surface area (Å²) < 4.78 is 7.58. The van der Waals surface area contributed by atoms with Gasteiger partial charge in [-0.3, -0.25) is 0 Å². The standard InChI is InChI=1S/C24H21N3O2/c1-2-29-23(27-22-14-8-7-13-21(22)25-26-27)15-16-24(28)19-11-5-3-9-17(19)18-10-4-6-12-20(18)24/h3-15,28H,2,16H2,1H3/b23-15-. The first-order valence-electron chi connectivity index (χ1n) is 9.78. The minimum Gasteiger partial charge on any atom is -0.478 e. The van der Waals surface area contributed by atoms with Crippen molar-refractivity contribution in [3.8, 4) is 11.1 Å².